The first-order chi connectivity index (χ1) is 11.0. The number of anilines is 1. The van der Waals surface area contributed by atoms with Gasteiger partial charge in [0, 0.05) is 23.7 Å². The van der Waals surface area contributed by atoms with Gasteiger partial charge in [0.05, 0.1) is 0 Å². The van der Waals surface area contributed by atoms with Gasteiger partial charge in [0.2, 0.25) is 0 Å². The maximum atomic E-state index is 10.9. The highest BCUT2D eigenvalue weighted by Gasteiger charge is 2.15. The van der Waals surface area contributed by atoms with Gasteiger partial charge in [-0.1, -0.05) is 30.3 Å². The molecule has 5 heteroatoms. The van der Waals surface area contributed by atoms with Crippen LogP contribution >= 0.6 is 0 Å². The number of aliphatic carboxylic acids is 1. The Bertz CT molecular complexity index is 671. The fourth-order valence-electron chi connectivity index (χ4n) is 2.52. The first kappa shape index (κ1) is 16.9. The molecular formula is C18H23N3O2. The number of benzene rings is 1. The molecule has 1 heterocycles. The van der Waals surface area contributed by atoms with Crippen molar-refractivity contribution in [1.29, 1.82) is 0 Å². The Morgan fingerprint density at radius 1 is 1.17 bits per heavy atom. The van der Waals surface area contributed by atoms with Crippen LogP contribution in [0.4, 0.5) is 5.82 Å². The number of nitrogens with zero attached hydrogens (tertiary/aromatic N) is 2. The van der Waals surface area contributed by atoms with Crippen molar-refractivity contribution in [1.82, 2.24) is 9.97 Å². The van der Waals surface area contributed by atoms with Crippen molar-refractivity contribution >= 4 is 11.8 Å². The lowest BCUT2D eigenvalue weighted by Gasteiger charge is -2.21. The monoisotopic (exact) mass is 313 g/mol. The maximum Gasteiger partial charge on any atom is 0.303 e. The molecule has 0 aliphatic carbocycles. The minimum atomic E-state index is -0.781. The van der Waals surface area contributed by atoms with Crippen molar-refractivity contribution in [3.8, 4) is 0 Å². The van der Waals surface area contributed by atoms with Gasteiger partial charge < -0.3 is 10.4 Å². The van der Waals surface area contributed by atoms with E-state index in [1.165, 1.54) is 5.56 Å². The molecule has 0 bridgehead atoms. The Kier molecular flexibility index (Phi) is 5.68. The van der Waals surface area contributed by atoms with E-state index in [9.17, 15) is 4.79 Å². The number of carboxylic acid groups (broad SMARTS) is 1. The van der Waals surface area contributed by atoms with Gasteiger partial charge in [0.1, 0.15) is 11.6 Å². The molecule has 23 heavy (non-hydrogen) atoms. The van der Waals surface area contributed by atoms with E-state index in [-0.39, 0.29) is 12.5 Å². The van der Waals surface area contributed by atoms with E-state index in [0.717, 1.165) is 23.5 Å². The van der Waals surface area contributed by atoms with Gasteiger partial charge >= 0.3 is 5.97 Å². The molecule has 5 nitrogen and oxygen atoms in total. The number of hydrogen-bond donors (Lipinski definition) is 2. The molecule has 2 aromatic rings. The van der Waals surface area contributed by atoms with E-state index in [1.807, 2.05) is 39.0 Å². The van der Waals surface area contributed by atoms with Crippen LogP contribution in [-0.2, 0) is 11.2 Å². The largest absolute Gasteiger partial charge is 0.481 e. The lowest BCUT2D eigenvalue weighted by atomic mass is 10.0. The highest BCUT2D eigenvalue weighted by molar-refractivity contribution is 5.66. The Morgan fingerprint density at radius 3 is 2.52 bits per heavy atom. The summed E-state index contributed by atoms with van der Waals surface area (Å²) in [6.45, 7) is 5.80. The summed E-state index contributed by atoms with van der Waals surface area (Å²) < 4.78 is 0. The second kappa shape index (κ2) is 7.72. The van der Waals surface area contributed by atoms with E-state index in [2.05, 4.69) is 27.4 Å². The van der Waals surface area contributed by atoms with Gasteiger partial charge in [0.15, 0.2) is 0 Å². The lowest BCUT2D eigenvalue weighted by Crippen LogP contribution is -2.25. The molecule has 0 amide bonds. The first-order valence-electron chi connectivity index (χ1n) is 7.80. The molecular weight excluding hydrogens is 290 g/mol. The number of aromatic nitrogens is 2. The van der Waals surface area contributed by atoms with Gasteiger partial charge in [-0.2, -0.15) is 0 Å². The number of rotatable bonds is 7. The molecule has 1 unspecified atom stereocenters. The first-order valence-corrected chi connectivity index (χ1v) is 7.80. The molecule has 0 aliphatic rings. The predicted octanol–water partition coefficient (Wildman–Crippen LogP) is 3.29. The summed E-state index contributed by atoms with van der Waals surface area (Å²) in [5, 5.41) is 12.4. The fraction of sp³-hybridized carbons (Fsp3) is 0.389. The molecule has 0 saturated heterocycles. The zero-order valence-corrected chi connectivity index (χ0v) is 13.8. The van der Waals surface area contributed by atoms with Gasteiger partial charge in [-0.3, -0.25) is 4.79 Å². The van der Waals surface area contributed by atoms with Crippen LogP contribution in [0.1, 0.15) is 35.5 Å². The molecule has 1 atom stereocenters. The summed E-state index contributed by atoms with van der Waals surface area (Å²) in [7, 11) is 0. The summed E-state index contributed by atoms with van der Waals surface area (Å²) in [5.74, 6) is 0.727. The second-order valence-electron chi connectivity index (χ2n) is 5.79. The van der Waals surface area contributed by atoms with Crippen LogP contribution in [0.15, 0.2) is 30.3 Å². The van der Waals surface area contributed by atoms with E-state index in [0.29, 0.717) is 12.2 Å². The van der Waals surface area contributed by atoms with Crippen LogP contribution in [0.3, 0.4) is 0 Å². The minimum absolute atomic E-state index is 0.0147. The van der Waals surface area contributed by atoms with Gasteiger partial charge in [-0.05, 0) is 39.2 Å². The Labute approximate surface area is 136 Å². The van der Waals surface area contributed by atoms with Crippen molar-refractivity contribution in [2.24, 2.45) is 0 Å². The fourth-order valence-corrected chi connectivity index (χ4v) is 2.52. The molecule has 122 valence electrons. The van der Waals surface area contributed by atoms with Crippen LogP contribution in [-0.4, -0.2) is 27.1 Å². The summed E-state index contributed by atoms with van der Waals surface area (Å²) in [5.41, 5.74) is 3.12. The summed E-state index contributed by atoms with van der Waals surface area (Å²) >= 11 is 0. The van der Waals surface area contributed by atoms with Gasteiger partial charge in [-0.15, -0.1) is 0 Å². The molecule has 2 rings (SSSR count). The molecule has 0 radical (unpaired) electrons. The van der Waals surface area contributed by atoms with Crippen LogP contribution < -0.4 is 5.32 Å². The van der Waals surface area contributed by atoms with Crippen molar-refractivity contribution in [2.45, 2.75) is 46.1 Å². The van der Waals surface area contributed by atoms with Crippen molar-refractivity contribution in [2.75, 3.05) is 5.32 Å². The number of carboxylic acids is 1. The van der Waals surface area contributed by atoms with Crippen molar-refractivity contribution in [3.63, 3.8) is 0 Å². The number of carbonyl (C=O) groups is 1. The summed E-state index contributed by atoms with van der Waals surface area (Å²) in [6, 6.07) is 10.1. The molecule has 2 N–H and O–H groups in total. The zero-order valence-electron chi connectivity index (χ0n) is 13.8. The highest BCUT2D eigenvalue weighted by atomic mass is 16.4. The third kappa shape index (κ3) is 5.06. The highest BCUT2D eigenvalue weighted by Crippen LogP contribution is 2.19. The third-order valence-corrected chi connectivity index (χ3v) is 3.87. The zero-order chi connectivity index (χ0) is 16.8. The maximum absolute atomic E-state index is 10.9. The second-order valence-corrected chi connectivity index (χ2v) is 5.79. The van der Waals surface area contributed by atoms with Gasteiger partial charge in [0.25, 0.3) is 0 Å². The summed E-state index contributed by atoms with van der Waals surface area (Å²) in [6.07, 6.45) is 1.44. The topological polar surface area (TPSA) is 75.1 Å². The number of hydrogen-bond acceptors (Lipinski definition) is 4. The van der Waals surface area contributed by atoms with E-state index >= 15 is 0 Å². The molecule has 0 saturated carbocycles. The molecule has 0 fully saturated rings. The normalized spacial score (nSPS) is 12.0. The third-order valence-electron chi connectivity index (χ3n) is 3.87. The Balaban J connectivity index is 2.18. The van der Waals surface area contributed by atoms with Crippen LogP contribution in [0.25, 0.3) is 0 Å². The average Bonchev–Trinajstić information content (AvgIpc) is 2.50. The quantitative estimate of drug-likeness (QED) is 0.820. The average molecular weight is 313 g/mol. The summed E-state index contributed by atoms with van der Waals surface area (Å²) in [4.78, 5) is 19.8. The molecule has 0 aliphatic heterocycles. The van der Waals surface area contributed by atoms with E-state index in [4.69, 9.17) is 5.11 Å². The van der Waals surface area contributed by atoms with E-state index < -0.39 is 5.97 Å². The Morgan fingerprint density at radius 2 is 1.87 bits per heavy atom. The number of nitrogens with one attached hydrogen (secondary N) is 1. The standard InChI is InChI=1S/C18H23N3O2/c1-12-13(2)19-14(3)20-18(12)21-16(9-10-17(22)23)11-15-7-5-4-6-8-15/h4-8,16H,9-11H2,1-3H3,(H,22,23)(H,19,20,21). The van der Waals surface area contributed by atoms with Crippen molar-refractivity contribution in [3.05, 3.63) is 53.0 Å². The predicted molar refractivity (Wildman–Crippen MR) is 90.7 cm³/mol. The van der Waals surface area contributed by atoms with Crippen molar-refractivity contribution < 1.29 is 9.90 Å². The van der Waals surface area contributed by atoms with E-state index in [1.54, 1.807) is 0 Å². The van der Waals surface area contributed by atoms with Crippen LogP contribution in [0.2, 0.25) is 0 Å². The van der Waals surface area contributed by atoms with Gasteiger partial charge in [-0.25, -0.2) is 9.97 Å². The SMILES string of the molecule is Cc1nc(C)c(C)c(NC(CCC(=O)O)Cc2ccccc2)n1. The lowest BCUT2D eigenvalue weighted by molar-refractivity contribution is -0.137. The molecule has 1 aromatic carbocycles. The molecule has 0 spiro atoms. The minimum Gasteiger partial charge on any atom is -0.481 e. The Hall–Kier alpha value is -2.43. The molecule has 1 aromatic heterocycles. The van der Waals surface area contributed by atoms with Crippen LogP contribution in [0, 0.1) is 20.8 Å². The number of aryl methyl sites for hydroxylation is 2. The van der Waals surface area contributed by atoms with Crippen LogP contribution in [0.5, 0.6) is 0 Å². The smallest absolute Gasteiger partial charge is 0.303 e.